The first-order valence-electron chi connectivity index (χ1n) is 7.77. The van der Waals surface area contributed by atoms with E-state index < -0.39 is 0 Å². The van der Waals surface area contributed by atoms with Gasteiger partial charge in [-0.1, -0.05) is 48.5 Å². The highest BCUT2D eigenvalue weighted by molar-refractivity contribution is 5.85. The van der Waals surface area contributed by atoms with Crippen molar-refractivity contribution >= 4 is 5.78 Å². The Hall–Kier alpha value is -0.410. The van der Waals surface area contributed by atoms with Gasteiger partial charge >= 0.3 is 0 Å². The quantitative estimate of drug-likeness (QED) is 0.641. The smallest absolute Gasteiger partial charge is 0.152 e. The van der Waals surface area contributed by atoms with Gasteiger partial charge in [0, 0.05) is 18.0 Å². The molecular weight excluding hydrogens is 236 g/mol. The highest BCUT2D eigenvalue weighted by Crippen LogP contribution is 2.14. The summed E-state index contributed by atoms with van der Waals surface area (Å²) in [4.78, 5) is 12.2. The van der Waals surface area contributed by atoms with Crippen LogP contribution >= 0.6 is 0 Å². The topological polar surface area (TPSA) is 41.1 Å². The maximum atomic E-state index is 12.2. The predicted octanol–water partition coefficient (Wildman–Crippen LogP) is 2.99. The number of carbonyl (C=O) groups is 1. The average molecular weight is 270 g/mol. The summed E-state index contributed by atoms with van der Waals surface area (Å²) in [6.45, 7) is 15.8. The van der Waals surface area contributed by atoms with Crippen LogP contribution in [0.25, 0.3) is 0 Å². The molecule has 0 aromatic carbocycles. The molecular formula is C16H34N2O. The van der Waals surface area contributed by atoms with Crippen molar-refractivity contribution in [2.45, 2.75) is 79.4 Å². The Bertz CT molecular complexity index is 249. The van der Waals surface area contributed by atoms with Crippen LogP contribution in [0.2, 0.25) is 0 Å². The van der Waals surface area contributed by atoms with Crippen LogP contribution in [0, 0.1) is 11.8 Å². The fourth-order valence-electron chi connectivity index (χ4n) is 2.21. The molecule has 0 spiro atoms. The zero-order chi connectivity index (χ0) is 15.0. The summed E-state index contributed by atoms with van der Waals surface area (Å²) in [5.74, 6) is 1.01. The number of hydrogen-bond acceptors (Lipinski definition) is 3. The second-order valence-electron chi connectivity index (χ2n) is 6.67. The van der Waals surface area contributed by atoms with Crippen LogP contribution in [0.4, 0.5) is 0 Å². The van der Waals surface area contributed by atoms with Crippen molar-refractivity contribution in [1.82, 2.24) is 10.6 Å². The van der Waals surface area contributed by atoms with E-state index in [-0.39, 0.29) is 12.0 Å². The third-order valence-electron chi connectivity index (χ3n) is 3.27. The van der Waals surface area contributed by atoms with Gasteiger partial charge in [-0.05, 0) is 25.3 Å². The summed E-state index contributed by atoms with van der Waals surface area (Å²) in [5, 5.41) is 6.86. The van der Waals surface area contributed by atoms with Crippen molar-refractivity contribution in [3.05, 3.63) is 0 Å². The molecule has 0 bridgehead atoms. The summed E-state index contributed by atoms with van der Waals surface area (Å²) >= 11 is 0. The minimum absolute atomic E-state index is 0.00838. The largest absolute Gasteiger partial charge is 0.315 e. The molecule has 1 unspecified atom stereocenters. The number of ketones is 1. The number of carbonyl (C=O) groups excluding carboxylic acids is 1. The summed E-state index contributed by atoms with van der Waals surface area (Å²) in [7, 11) is 0. The third-order valence-corrected chi connectivity index (χ3v) is 3.27. The van der Waals surface area contributed by atoms with E-state index in [2.05, 4.69) is 45.3 Å². The lowest BCUT2D eigenvalue weighted by Gasteiger charge is -2.25. The molecule has 0 saturated heterocycles. The van der Waals surface area contributed by atoms with Gasteiger partial charge in [-0.2, -0.15) is 0 Å². The van der Waals surface area contributed by atoms with Crippen LogP contribution in [0.5, 0.6) is 0 Å². The Morgan fingerprint density at radius 1 is 0.947 bits per heavy atom. The molecule has 0 fully saturated rings. The van der Waals surface area contributed by atoms with Crippen LogP contribution < -0.4 is 10.6 Å². The summed E-state index contributed by atoms with van der Waals surface area (Å²) in [6, 6.07) is 0.900. The van der Waals surface area contributed by atoms with E-state index >= 15 is 0 Å². The van der Waals surface area contributed by atoms with E-state index in [4.69, 9.17) is 0 Å². The van der Waals surface area contributed by atoms with Gasteiger partial charge in [-0.15, -0.1) is 0 Å². The van der Waals surface area contributed by atoms with E-state index in [1.165, 1.54) is 0 Å². The summed E-state index contributed by atoms with van der Waals surface area (Å²) < 4.78 is 0. The van der Waals surface area contributed by atoms with Crippen molar-refractivity contribution in [3.8, 4) is 0 Å². The fraction of sp³-hybridized carbons (Fsp3) is 0.938. The minimum Gasteiger partial charge on any atom is -0.315 e. The van der Waals surface area contributed by atoms with Crippen molar-refractivity contribution in [3.63, 3.8) is 0 Å². The molecule has 0 aromatic heterocycles. The SMILES string of the molecule is CC(CCNC(C)C)C[C@H](NC(C)C)C(=O)C(C)C. The first-order valence-corrected chi connectivity index (χ1v) is 7.77. The molecule has 3 nitrogen and oxygen atoms in total. The highest BCUT2D eigenvalue weighted by Gasteiger charge is 2.23. The first-order chi connectivity index (χ1) is 8.73. The van der Waals surface area contributed by atoms with Crippen LogP contribution in [0.1, 0.15) is 61.3 Å². The molecule has 0 saturated carbocycles. The normalized spacial score (nSPS) is 15.3. The Balaban J connectivity index is 4.26. The molecule has 0 aliphatic heterocycles. The van der Waals surface area contributed by atoms with Crippen molar-refractivity contribution in [2.24, 2.45) is 11.8 Å². The second-order valence-corrected chi connectivity index (χ2v) is 6.67. The van der Waals surface area contributed by atoms with Crippen LogP contribution in [0.15, 0.2) is 0 Å². The molecule has 0 radical (unpaired) electrons. The van der Waals surface area contributed by atoms with Gasteiger partial charge in [-0.3, -0.25) is 4.79 Å². The number of rotatable bonds is 10. The summed E-state index contributed by atoms with van der Waals surface area (Å²) in [6.07, 6.45) is 2.06. The van der Waals surface area contributed by atoms with Gasteiger partial charge in [0.15, 0.2) is 5.78 Å². The maximum Gasteiger partial charge on any atom is 0.152 e. The Labute approximate surface area is 119 Å². The Morgan fingerprint density at radius 2 is 1.53 bits per heavy atom. The van der Waals surface area contributed by atoms with E-state index in [1.54, 1.807) is 0 Å². The van der Waals surface area contributed by atoms with Crippen LogP contribution in [0.3, 0.4) is 0 Å². The Morgan fingerprint density at radius 3 is 1.95 bits per heavy atom. The highest BCUT2D eigenvalue weighted by atomic mass is 16.1. The lowest BCUT2D eigenvalue weighted by molar-refractivity contribution is -0.124. The standard InChI is InChI=1S/C16H34N2O/c1-11(2)16(19)15(18-13(5)6)10-14(7)8-9-17-12(3)4/h11-15,17-18H,8-10H2,1-7H3/t14?,15-/m0/s1. The van der Waals surface area contributed by atoms with Crippen molar-refractivity contribution < 1.29 is 4.79 Å². The van der Waals surface area contributed by atoms with E-state index in [0.717, 1.165) is 19.4 Å². The van der Waals surface area contributed by atoms with Crippen molar-refractivity contribution in [2.75, 3.05) is 6.54 Å². The number of nitrogens with one attached hydrogen (secondary N) is 2. The third kappa shape index (κ3) is 9.17. The molecule has 114 valence electrons. The summed E-state index contributed by atoms with van der Waals surface area (Å²) in [5.41, 5.74) is 0. The van der Waals surface area contributed by atoms with E-state index in [0.29, 0.717) is 23.8 Å². The number of hydrogen-bond donors (Lipinski definition) is 2. The zero-order valence-corrected chi connectivity index (χ0v) is 13.9. The molecule has 0 aromatic rings. The van der Waals surface area contributed by atoms with Gasteiger partial charge in [-0.25, -0.2) is 0 Å². The van der Waals surface area contributed by atoms with E-state index in [1.807, 2.05) is 13.8 Å². The van der Waals surface area contributed by atoms with Crippen LogP contribution in [-0.4, -0.2) is 30.5 Å². The molecule has 2 atom stereocenters. The van der Waals surface area contributed by atoms with Crippen molar-refractivity contribution in [1.29, 1.82) is 0 Å². The van der Waals surface area contributed by atoms with Crippen LogP contribution in [-0.2, 0) is 4.79 Å². The number of Topliss-reactive ketones (excluding diaryl/α,β-unsaturated/α-hetero) is 1. The van der Waals surface area contributed by atoms with Gasteiger partial charge in [0.25, 0.3) is 0 Å². The van der Waals surface area contributed by atoms with E-state index in [9.17, 15) is 4.79 Å². The van der Waals surface area contributed by atoms with Gasteiger partial charge in [0.1, 0.15) is 0 Å². The maximum absolute atomic E-state index is 12.2. The average Bonchev–Trinajstić information content (AvgIpc) is 2.25. The fourth-order valence-corrected chi connectivity index (χ4v) is 2.21. The van der Waals surface area contributed by atoms with Gasteiger partial charge in [0.2, 0.25) is 0 Å². The molecule has 0 aliphatic carbocycles. The Kier molecular flexibility index (Phi) is 9.28. The molecule has 0 aliphatic rings. The lowest BCUT2D eigenvalue weighted by atomic mass is 9.91. The molecule has 2 N–H and O–H groups in total. The minimum atomic E-state index is 0.00838. The molecule has 19 heavy (non-hydrogen) atoms. The predicted molar refractivity (Wildman–Crippen MR) is 83.4 cm³/mol. The second kappa shape index (κ2) is 9.49. The molecule has 0 rings (SSSR count). The first kappa shape index (κ1) is 18.6. The zero-order valence-electron chi connectivity index (χ0n) is 13.9. The monoisotopic (exact) mass is 270 g/mol. The molecule has 0 heterocycles. The van der Waals surface area contributed by atoms with Gasteiger partial charge < -0.3 is 10.6 Å². The lowest BCUT2D eigenvalue weighted by Crippen LogP contribution is -2.44. The molecule has 0 amide bonds. The molecule has 3 heteroatoms. The van der Waals surface area contributed by atoms with Gasteiger partial charge in [0.05, 0.1) is 6.04 Å².